The van der Waals surface area contributed by atoms with Gasteiger partial charge in [0.25, 0.3) is 0 Å². The van der Waals surface area contributed by atoms with Gasteiger partial charge in [-0.25, -0.2) is 13.2 Å². The first-order valence-electron chi connectivity index (χ1n) is 8.56. The summed E-state index contributed by atoms with van der Waals surface area (Å²) in [6, 6.07) is 11.6. The van der Waals surface area contributed by atoms with Crippen molar-refractivity contribution in [2.45, 2.75) is 25.6 Å². The van der Waals surface area contributed by atoms with Crippen LogP contribution in [-0.4, -0.2) is 42.9 Å². The molecule has 2 heterocycles. The number of hydrogen-bond acceptors (Lipinski definition) is 3. The summed E-state index contributed by atoms with van der Waals surface area (Å²) < 4.78 is 24.6. The summed E-state index contributed by atoms with van der Waals surface area (Å²) >= 11 is 12.2. The molecule has 2 atom stereocenters. The average Bonchev–Trinajstić information content (AvgIpc) is 3.03. The van der Waals surface area contributed by atoms with E-state index in [1.807, 2.05) is 31.2 Å². The quantitative estimate of drug-likeness (QED) is 0.701. The molecule has 2 fully saturated rings. The van der Waals surface area contributed by atoms with E-state index in [1.54, 1.807) is 28.0 Å². The van der Waals surface area contributed by atoms with E-state index in [4.69, 9.17) is 23.2 Å². The monoisotopic (exact) mass is 424 g/mol. The van der Waals surface area contributed by atoms with Crippen LogP contribution in [0.15, 0.2) is 42.5 Å². The Bertz CT molecular complexity index is 1010. The number of fused-ring (bicyclic) bond motifs is 1. The summed E-state index contributed by atoms with van der Waals surface area (Å²) in [4.78, 5) is 16.4. The van der Waals surface area contributed by atoms with Crippen molar-refractivity contribution in [3.8, 4) is 0 Å². The van der Waals surface area contributed by atoms with Crippen LogP contribution in [-0.2, 0) is 16.4 Å². The fourth-order valence-electron chi connectivity index (χ4n) is 3.78. The Labute approximate surface area is 168 Å². The van der Waals surface area contributed by atoms with Crippen LogP contribution in [0.2, 0.25) is 10.0 Å². The van der Waals surface area contributed by atoms with Crippen LogP contribution in [0.4, 0.5) is 10.5 Å². The van der Waals surface area contributed by atoms with Crippen molar-refractivity contribution < 1.29 is 13.2 Å². The smallest absolute Gasteiger partial charge is 0.314 e. The van der Waals surface area contributed by atoms with E-state index in [9.17, 15) is 13.2 Å². The van der Waals surface area contributed by atoms with Crippen molar-refractivity contribution in [1.29, 1.82) is 0 Å². The molecule has 0 radical (unpaired) electrons. The third-order valence-corrected chi connectivity index (χ3v) is 7.54. The van der Waals surface area contributed by atoms with E-state index in [2.05, 4.69) is 0 Å². The van der Waals surface area contributed by atoms with Gasteiger partial charge in [0, 0.05) is 22.3 Å². The number of urea groups is 1. The molecule has 0 bridgehead atoms. The molecule has 2 aromatic carbocycles. The fraction of sp³-hybridized carbons (Fsp3) is 0.316. The zero-order chi connectivity index (χ0) is 19.3. The van der Waals surface area contributed by atoms with E-state index in [0.29, 0.717) is 22.3 Å². The van der Waals surface area contributed by atoms with Gasteiger partial charge < -0.3 is 4.90 Å². The highest BCUT2D eigenvalue weighted by Crippen LogP contribution is 2.37. The van der Waals surface area contributed by atoms with E-state index < -0.39 is 15.9 Å². The first-order valence-corrected chi connectivity index (χ1v) is 11.1. The number of halogens is 2. The number of sulfone groups is 1. The molecular weight excluding hydrogens is 407 g/mol. The molecule has 0 aromatic heterocycles. The zero-order valence-electron chi connectivity index (χ0n) is 14.6. The molecule has 2 amide bonds. The fourth-order valence-corrected chi connectivity index (χ4v) is 6.03. The molecule has 2 aliphatic rings. The number of rotatable bonds is 3. The van der Waals surface area contributed by atoms with Gasteiger partial charge in [0.15, 0.2) is 9.84 Å². The summed E-state index contributed by atoms with van der Waals surface area (Å²) in [5.74, 6) is -0.0564. The Kier molecular flexibility index (Phi) is 4.61. The second-order valence-corrected chi connectivity index (χ2v) is 10.0. The molecule has 2 saturated heterocycles. The number of benzene rings is 2. The van der Waals surface area contributed by atoms with Gasteiger partial charge in [0.05, 0.1) is 23.6 Å². The second kappa shape index (κ2) is 6.69. The van der Waals surface area contributed by atoms with E-state index in [0.717, 1.165) is 11.1 Å². The molecular formula is C19H18Cl2N2O3S. The molecule has 5 nitrogen and oxygen atoms in total. The normalized spacial score (nSPS) is 23.7. The van der Waals surface area contributed by atoms with Crippen molar-refractivity contribution in [1.82, 2.24) is 4.90 Å². The Morgan fingerprint density at radius 2 is 1.70 bits per heavy atom. The highest BCUT2D eigenvalue weighted by atomic mass is 35.5. The predicted octanol–water partition coefficient (Wildman–Crippen LogP) is 3.91. The molecule has 142 valence electrons. The standard InChI is InChI=1S/C19H18Cl2N2O3S/c1-12-2-7-15(8-16(12)21)23-18-11-27(25,26)10-17(18)22(19(23)24)9-13-3-5-14(20)6-4-13/h2-8,17-18H,9-11H2,1H3. The van der Waals surface area contributed by atoms with Crippen LogP contribution in [0.1, 0.15) is 11.1 Å². The highest BCUT2D eigenvalue weighted by Gasteiger charge is 2.53. The van der Waals surface area contributed by atoms with Gasteiger partial charge in [-0.1, -0.05) is 41.4 Å². The molecule has 0 N–H and O–H groups in total. The summed E-state index contributed by atoms with van der Waals surface area (Å²) in [6.45, 7) is 2.22. The van der Waals surface area contributed by atoms with Gasteiger partial charge in [-0.2, -0.15) is 0 Å². The molecule has 27 heavy (non-hydrogen) atoms. The number of carbonyl (C=O) groups excluding carboxylic acids is 1. The SMILES string of the molecule is Cc1ccc(N2C(=O)N(Cc3ccc(Cl)cc3)C3CS(=O)(=O)CC32)cc1Cl. The van der Waals surface area contributed by atoms with Crippen molar-refractivity contribution >= 4 is 44.8 Å². The first kappa shape index (κ1) is 18.6. The number of hydrogen-bond donors (Lipinski definition) is 0. The van der Waals surface area contributed by atoms with Gasteiger partial charge in [0.2, 0.25) is 0 Å². The van der Waals surface area contributed by atoms with Crippen LogP contribution in [0.3, 0.4) is 0 Å². The average molecular weight is 425 g/mol. The maximum absolute atomic E-state index is 13.2. The van der Waals surface area contributed by atoms with Crippen LogP contribution >= 0.6 is 23.2 Å². The maximum Gasteiger partial charge on any atom is 0.325 e. The third kappa shape index (κ3) is 3.42. The minimum absolute atomic E-state index is 0.0207. The van der Waals surface area contributed by atoms with Crippen LogP contribution in [0.25, 0.3) is 0 Å². The lowest BCUT2D eigenvalue weighted by atomic mass is 10.1. The Morgan fingerprint density at radius 1 is 1.04 bits per heavy atom. The van der Waals surface area contributed by atoms with E-state index >= 15 is 0 Å². The molecule has 2 aliphatic heterocycles. The minimum atomic E-state index is -3.21. The number of aryl methyl sites for hydroxylation is 1. The number of nitrogens with zero attached hydrogens (tertiary/aromatic N) is 2. The van der Waals surface area contributed by atoms with Gasteiger partial charge in [-0.05, 0) is 42.3 Å². The van der Waals surface area contributed by atoms with Crippen molar-refractivity contribution in [3.63, 3.8) is 0 Å². The van der Waals surface area contributed by atoms with E-state index in [1.165, 1.54) is 0 Å². The summed E-state index contributed by atoms with van der Waals surface area (Å²) in [5, 5.41) is 1.16. The Morgan fingerprint density at radius 3 is 2.37 bits per heavy atom. The van der Waals surface area contributed by atoms with Gasteiger partial charge in [0.1, 0.15) is 0 Å². The van der Waals surface area contributed by atoms with Gasteiger partial charge in [-0.3, -0.25) is 4.90 Å². The summed E-state index contributed by atoms with van der Waals surface area (Å²) in [5.41, 5.74) is 2.43. The lowest BCUT2D eigenvalue weighted by Crippen LogP contribution is -2.37. The minimum Gasteiger partial charge on any atom is -0.314 e. The summed E-state index contributed by atoms with van der Waals surface area (Å²) in [6.07, 6.45) is 0. The molecule has 8 heteroatoms. The van der Waals surface area contributed by atoms with Gasteiger partial charge in [-0.15, -0.1) is 0 Å². The largest absolute Gasteiger partial charge is 0.325 e. The van der Waals surface area contributed by atoms with Crippen LogP contribution in [0.5, 0.6) is 0 Å². The molecule has 2 aromatic rings. The lowest BCUT2D eigenvalue weighted by Gasteiger charge is -2.23. The predicted molar refractivity (Wildman–Crippen MR) is 107 cm³/mol. The van der Waals surface area contributed by atoms with Crippen LogP contribution in [0, 0.1) is 6.92 Å². The highest BCUT2D eigenvalue weighted by molar-refractivity contribution is 7.91. The molecule has 2 unspecified atom stereocenters. The molecule has 0 spiro atoms. The first-order chi connectivity index (χ1) is 12.7. The Balaban J connectivity index is 1.71. The molecule has 0 aliphatic carbocycles. The second-order valence-electron chi connectivity index (χ2n) is 7.05. The van der Waals surface area contributed by atoms with Crippen LogP contribution < -0.4 is 4.90 Å². The topological polar surface area (TPSA) is 57.7 Å². The number of anilines is 1. The van der Waals surface area contributed by atoms with Crippen molar-refractivity contribution in [2.24, 2.45) is 0 Å². The van der Waals surface area contributed by atoms with Gasteiger partial charge >= 0.3 is 6.03 Å². The van der Waals surface area contributed by atoms with Crippen molar-refractivity contribution in [2.75, 3.05) is 16.4 Å². The number of carbonyl (C=O) groups is 1. The van der Waals surface area contributed by atoms with Crippen molar-refractivity contribution in [3.05, 3.63) is 63.6 Å². The number of amides is 2. The lowest BCUT2D eigenvalue weighted by molar-refractivity contribution is 0.206. The van der Waals surface area contributed by atoms with E-state index in [-0.39, 0.29) is 23.6 Å². The zero-order valence-corrected chi connectivity index (χ0v) is 16.9. The third-order valence-electron chi connectivity index (χ3n) is 5.18. The molecule has 0 saturated carbocycles. The maximum atomic E-state index is 13.2. The summed E-state index contributed by atoms with van der Waals surface area (Å²) in [7, 11) is -3.21. The Hall–Kier alpha value is -1.76. The molecule has 4 rings (SSSR count).